The largest absolute Gasteiger partial charge is 0.501 e. The fourth-order valence-electron chi connectivity index (χ4n) is 6.13. The molecule has 0 bridgehead atoms. The van der Waals surface area contributed by atoms with E-state index in [1.807, 2.05) is 13.8 Å². The zero-order valence-electron chi connectivity index (χ0n) is 36.1. The highest BCUT2D eigenvalue weighted by molar-refractivity contribution is 6.61. The van der Waals surface area contributed by atoms with Crippen LogP contribution in [0.4, 0.5) is 9.59 Å². The van der Waals surface area contributed by atoms with E-state index in [0.717, 1.165) is 50.2 Å². The first-order chi connectivity index (χ1) is 27.1. The summed E-state index contributed by atoms with van der Waals surface area (Å²) in [7, 11) is -5.63. The predicted octanol–water partition coefficient (Wildman–Crippen LogP) is 6.78. The zero-order valence-corrected chi connectivity index (χ0v) is 38.1. The summed E-state index contributed by atoms with van der Waals surface area (Å²) in [6, 6.07) is 0.976. The maximum atomic E-state index is 13.2. The van der Waals surface area contributed by atoms with Crippen molar-refractivity contribution in [1.29, 1.82) is 0 Å². The van der Waals surface area contributed by atoms with Gasteiger partial charge in [-0.1, -0.05) is 55.4 Å². The molecule has 0 aliphatic carbocycles. The lowest BCUT2D eigenvalue weighted by molar-refractivity contribution is 0.0582. The van der Waals surface area contributed by atoms with Gasteiger partial charge in [-0.15, -0.1) is 0 Å². The van der Waals surface area contributed by atoms with Gasteiger partial charge in [-0.3, -0.25) is 19.8 Å². The molecular formula is C38H76N8O8Si2. The molecule has 2 aliphatic rings. The summed E-state index contributed by atoms with van der Waals surface area (Å²) in [6.45, 7) is 24.0. The normalized spacial score (nSPS) is 16.1. The van der Waals surface area contributed by atoms with Crippen LogP contribution in [0.5, 0.6) is 0 Å². The second-order valence-electron chi connectivity index (χ2n) is 14.4. The van der Waals surface area contributed by atoms with E-state index in [2.05, 4.69) is 72.4 Å². The summed E-state index contributed by atoms with van der Waals surface area (Å²) in [5.74, 6) is 1.26. The number of rotatable bonds is 32. The van der Waals surface area contributed by atoms with Crippen molar-refractivity contribution < 1.29 is 36.1 Å². The Hall–Kier alpha value is -2.33. The number of nitrogens with zero attached hydrogens (tertiary/aromatic N) is 6. The lowest BCUT2D eigenvalue weighted by atomic mass is 10.1. The Balaban J connectivity index is 1.83. The average molecular weight is 829 g/mol. The van der Waals surface area contributed by atoms with Crippen LogP contribution in [0.1, 0.15) is 107 Å². The van der Waals surface area contributed by atoms with Gasteiger partial charge in [0.25, 0.3) is 0 Å². The van der Waals surface area contributed by atoms with Gasteiger partial charge in [-0.2, -0.15) is 10.2 Å². The van der Waals surface area contributed by atoms with E-state index < -0.39 is 17.6 Å². The molecule has 0 aromatic heterocycles. The molecule has 0 spiro atoms. The minimum Gasteiger partial charge on any atom is -0.373 e. The van der Waals surface area contributed by atoms with Crippen molar-refractivity contribution in [1.82, 2.24) is 20.4 Å². The molecule has 0 radical (unpaired) electrons. The first-order valence-electron chi connectivity index (χ1n) is 21.5. The summed E-state index contributed by atoms with van der Waals surface area (Å²) in [6.07, 6.45) is 6.73. The molecular weight excluding hydrogens is 753 g/mol. The third-order valence-corrected chi connectivity index (χ3v) is 14.8. The van der Waals surface area contributed by atoms with Gasteiger partial charge in [0, 0.05) is 89.7 Å². The number of carbonyl (C=O) groups excluding carboxylic acids is 2. The van der Waals surface area contributed by atoms with E-state index in [-0.39, 0.29) is 23.9 Å². The number of azo groups is 1. The second kappa shape index (κ2) is 29.0. The zero-order chi connectivity index (χ0) is 41.1. The van der Waals surface area contributed by atoms with Crippen LogP contribution in [0.15, 0.2) is 20.2 Å². The van der Waals surface area contributed by atoms with Crippen LogP contribution in [-0.2, 0) is 26.6 Å². The Kier molecular flexibility index (Phi) is 25.8. The van der Waals surface area contributed by atoms with Crippen molar-refractivity contribution in [3.8, 4) is 0 Å². The Bertz CT molecular complexity index is 1070. The molecule has 0 aromatic rings. The molecule has 0 aromatic carbocycles. The fourth-order valence-corrected chi connectivity index (χ4v) is 11.8. The van der Waals surface area contributed by atoms with Gasteiger partial charge in [-0.25, -0.2) is 9.59 Å². The molecule has 2 atom stereocenters. The number of carbonyl (C=O) groups is 2. The van der Waals surface area contributed by atoms with Gasteiger partial charge >= 0.3 is 29.7 Å². The molecule has 2 rings (SSSR count). The highest BCUT2D eigenvalue weighted by atomic mass is 28.4. The van der Waals surface area contributed by atoms with Crippen molar-refractivity contribution in [3.05, 3.63) is 0 Å². The number of hydrogen-bond donors (Lipinski definition) is 2. The van der Waals surface area contributed by atoms with E-state index >= 15 is 0 Å². The molecule has 2 aliphatic heterocycles. The third kappa shape index (κ3) is 17.7. The molecule has 18 heteroatoms. The van der Waals surface area contributed by atoms with Crippen LogP contribution in [0.25, 0.3) is 0 Å². The standard InChI is InChI=1S/C38H76N8O8Si2/c1-9-23-49-55(50-24-10-2,51-25-11-3)29-15-17-41-37(47)45-21-19-39-35(45)33(7)31-43-44-32-34(8)36-40-20-22-46(36)38(48)42-18-16-30-56(52-26-12-4,53-27-13-5)54-28-14-6/h33-34H,9-32H2,1-8H3,(H,41,47)(H,42,48). The Labute approximate surface area is 340 Å². The number of nitrogens with one attached hydrogen (secondary N) is 2. The summed E-state index contributed by atoms with van der Waals surface area (Å²) in [5, 5.41) is 15.0. The van der Waals surface area contributed by atoms with Crippen molar-refractivity contribution in [3.63, 3.8) is 0 Å². The van der Waals surface area contributed by atoms with E-state index in [1.165, 1.54) is 0 Å². The summed E-state index contributed by atoms with van der Waals surface area (Å²) in [5.41, 5.74) is 0. The van der Waals surface area contributed by atoms with E-state index in [0.29, 0.717) is 117 Å². The van der Waals surface area contributed by atoms with Crippen LogP contribution in [0, 0.1) is 11.8 Å². The lowest BCUT2D eigenvalue weighted by Crippen LogP contribution is -2.48. The number of aliphatic imine (C=N–C) groups is 2. The van der Waals surface area contributed by atoms with Gasteiger partial charge in [0.15, 0.2) is 0 Å². The maximum Gasteiger partial charge on any atom is 0.501 e. The lowest BCUT2D eigenvalue weighted by Gasteiger charge is -2.30. The van der Waals surface area contributed by atoms with Gasteiger partial charge in [0.2, 0.25) is 0 Å². The highest BCUT2D eigenvalue weighted by Gasteiger charge is 2.41. The highest BCUT2D eigenvalue weighted by Crippen LogP contribution is 2.21. The topological polar surface area (TPSA) is 169 Å². The average Bonchev–Trinajstić information content (AvgIpc) is 3.92. The van der Waals surface area contributed by atoms with Crippen molar-refractivity contribution in [2.75, 3.05) is 92.0 Å². The van der Waals surface area contributed by atoms with Crippen molar-refractivity contribution in [2.24, 2.45) is 32.0 Å². The van der Waals surface area contributed by atoms with E-state index in [1.54, 1.807) is 9.80 Å². The van der Waals surface area contributed by atoms with Crippen LogP contribution in [0.2, 0.25) is 12.1 Å². The molecule has 2 heterocycles. The number of urea groups is 2. The smallest absolute Gasteiger partial charge is 0.373 e. The maximum absolute atomic E-state index is 13.2. The molecule has 4 amide bonds. The van der Waals surface area contributed by atoms with Gasteiger partial charge in [0.05, 0.1) is 26.2 Å². The predicted molar refractivity (Wildman–Crippen MR) is 226 cm³/mol. The van der Waals surface area contributed by atoms with Gasteiger partial charge in [-0.05, 0) is 51.4 Å². The van der Waals surface area contributed by atoms with Crippen molar-refractivity contribution >= 4 is 41.3 Å². The van der Waals surface area contributed by atoms with Crippen molar-refractivity contribution in [2.45, 2.75) is 119 Å². The monoisotopic (exact) mass is 829 g/mol. The van der Waals surface area contributed by atoms with Crippen LogP contribution < -0.4 is 10.6 Å². The van der Waals surface area contributed by atoms with Crippen LogP contribution in [0.3, 0.4) is 0 Å². The van der Waals surface area contributed by atoms with Crippen LogP contribution >= 0.6 is 0 Å². The summed E-state index contributed by atoms with van der Waals surface area (Å²) < 4.78 is 37.2. The number of hydrogen-bond acceptors (Lipinski definition) is 12. The number of amidine groups is 2. The number of amides is 4. The Morgan fingerprint density at radius 3 is 1.18 bits per heavy atom. The van der Waals surface area contributed by atoms with E-state index in [9.17, 15) is 9.59 Å². The molecule has 2 N–H and O–H groups in total. The summed E-state index contributed by atoms with van der Waals surface area (Å²) in [4.78, 5) is 39.1. The molecule has 56 heavy (non-hydrogen) atoms. The first-order valence-corrected chi connectivity index (χ1v) is 25.4. The minimum atomic E-state index is -2.81. The molecule has 16 nitrogen and oxygen atoms in total. The molecule has 0 saturated carbocycles. The molecule has 0 saturated heterocycles. The minimum absolute atomic E-state index is 0.0882. The van der Waals surface area contributed by atoms with Gasteiger partial charge < -0.3 is 37.2 Å². The SMILES string of the molecule is CCCO[Si](CCCNC(=O)N1CCN=C1C(C)CN=NCC(C)C1=NCCN1C(=O)NCCC[Si](OCCC)(OCCC)OCCC)(OCCC)OCCC. The molecule has 324 valence electrons. The van der Waals surface area contributed by atoms with E-state index in [4.69, 9.17) is 26.6 Å². The Morgan fingerprint density at radius 2 is 0.893 bits per heavy atom. The molecule has 2 unspecified atom stereocenters. The summed E-state index contributed by atoms with van der Waals surface area (Å²) >= 11 is 0. The van der Waals surface area contributed by atoms with Gasteiger partial charge in [0.1, 0.15) is 11.7 Å². The quantitative estimate of drug-likeness (QED) is 0.0425. The third-order valence-electron chi connectivity index (χ3n) is 8.96. The first kappa shape index (κ1) is 49.8. The molecule has 0 fully saturated rings. The fraction of sp³-hybridized carbons (Fsp3) is 0.895. The Morgan fingerprint density at radius 1 is 0.589 bits per heavy atom. The van der Waals surface area contributed by atoms with Crippen LogP contribution in [-0.4, -0.2) is 143 Å². The second-order valence-corrected chi connectivity index (χ2v) is 19.8.